The summed E-state index contributed by atoms with van der Waals surface area (Å²) in [4.78, 5) is 16.0. The van der Waals surface area contributed by atoms with Gasteiger partial charge in [-0.05, 0) is 19.3 Å². The van der Waals surface area contributed by atoms with Crippen molar-refractivity contribution in [1.82, 2.24) is 4.98 Å². The van der Waals surface area contributed by atoms with E-state index in [4.69, 9.17) is 4.42 Å². The summed E-state index contributed by atoms with van der Waals surface area (Å²) < 4.78 is 5.40. The van der Waals surface area contributed by atoms with E-state index in [-0.39, 0.29) is 5.78 Å². The number of rotatable bonds is 5. The van der Waals surface area contributed by atoms with Crippen molar-refractivity contribution in [1.29, 1.82) is 0 Å². The first kappa shape index (κ1) is 12.3. The van der Waals surface area contributed by atoms with Crippen LogP contribution in [0, 0.1) is 0 Å². The van der Waals surface area contributed by atoms with Gasteiger partial charge in [-0.2, -0.15) is 0 Å². The average molecular weight is 235 g/mol. The fourth-order valence-corrected chi connectivity index (χ4v) is 2.53. The molecule has 0 bridgehead atoms. The van der Waals surface area contributed by atoms with Crippen molar-refractivity contribution >= 4 is 5.78 Å². The number of hydrogen-bond donors (Lipinski definition) is 0. The van der Waals surface area contributed by atoms with Gasteiger partial charge in [0.15, 0.2) is 0 Å². The molecule has 17 heavy (non-hydrogen) atoms. The van der Waals surface area contributed by atoms with Crippen molar-refractivity contribution in [3.05, 3.63) is 17.8 Å². The van der Waals surface area contributed by atoms with Crippen LogP contribution in [0.15, 0.2) is 10.7 Å². The minimum Gasteiger partial charge on any atom is -0.448 e. The average Bonchev–Trinajstić information content (AvgIpc) is 2.79. The first-order chi connectivity index (χ1) is 8.29. The van der Waals surface area contributed by atoms with Gasteiger partial charge in [0, 0.05) is 12.3 Å². The van der Waals surface area contributed by atoms with E-state index in [0.717, 1.165) is 12.1 Å². The van der Waals surface area contributed by atoms with Crippen LogP contribution in [-0.2, 0) is 11.2 Å². The zero-order valence-corrected chi connectivity index (χ0v) is 10.6. The van der Waals surface area contributed by atoms with Crippen LogP contribution in [0.25, 0.3) is 0 Å². The number of nitrogens with zero attached hydrogens (tertiary/aromatic N) is 1. The van der Waals surface area contributed by atoms with Crippen LogP contribution in [0.4, 0.5) is 0 Å². The van der Waals surface area contributed by atoms with E-state index in [9.17, 15) is 4.79 Å². The maximum absolute atomic E-state index is 11.5. The molecule has 1 aliphatic carbocycles. The first-order valence-electron chi connectivity index (χ1n) is 6.75. The molecule has 0 aliphatic heterocycles. The molecule has 0 saturated heterocycles. The molecule has 94 valence electrons. The molecule has 1 aromatic heterocycles. The second-order valence-corrected chi connectivity index (χ2v) is 4.97. The van der Waals surface area contributed by atoms with E-state index < -0.39 is 0 Å². The normalized spacial score (nSPS) is 17.2. The van der Waals surface area contributed by atoms with Gasteiger partial charge in [-0.3, -0.25) is 4.79 Å². The lowest BCUT2D eigenvalue weighted by Crippen LogP contribution is -2.06. The highest BCUT2D eigenvalue weighted by molar-refractivity contribution is 5.79. The van der Waals surface area contributed by atoms with Crippen LogP contribution in [0.3, 0.4) is 0 Å². The molecule has 1 aromatic rings. The van der Waals surface area contributed by atoms with E-state index >= 15 is 0 Å². The van der Waals surface area contributed by atoms with E-state index in [2.05, 4.69) is 4.98 Å². The van der Waals surface area contributed by atoms with Crippen LogP contribution in [-0.4, -0.2) is 10.8 Å². The second-order valence-electron chi connectivity index (χ2n) is 4.97. The molecule has 0 amide bonds. The predicted octanol–water partition coefficient (Wildman–Crippen LogP) is 3.63. The van der Waals surface area contributed by atoms with Gasteiger partial charge in [-0.15, -0.1) is 0 Å². The number of ketones is 1. The van der Waals surface area contributed by atoms with Crippen molar-refractivity contribution in [2.75, 3.05) is 0 Å². The summed E-state index contributed by atoms with van der Waals surface area (Å²) in [5.74, 6) is 1.39. The molecule has 2 rings (SSSR count). The first-order valence-corrected chi connectivity index (χ1v) is 6.75. The molecule has 0 aromatic carbocycles. The third kappa shape index (κ3) is 3.42. The monoisotopic (exact) mass is 235 g/mol. The highest BCUT2D eigenvalue weighted by Gasteiger charge is 2.19. The summed E-state index contributed by atoms with van der Waals surface area (Å²) in [6, 6.07) is 0. The van der Waals surface area contributed by atoms with Gasteiger partial charge in [0.05, 0.1) is 12.1 Å². The summed E-state index contributed by atoms with van der Waals surface area (Å²) >= 11 is 0. The van der Waals surface area contributed by atoms with Gasteiger partial charge in [-0.1, -0.05) is 26.2 Å². The van der Waals surface area contributed by atoms with Crippen LogP contribution in [0.2, 0.25) is 0 Å². The standard InChI is InChI=1S/C14H21NO2/c1-2-6-12(16)9-14-15-13(10-17-14)11-7-4-3-5-8-11/h10-11H,2-9H2,1H3. The molecular formula is C14H21NO2. The maximum atomic E-state index is 11.5. The minimum absolute atomic E-state index is 0.226. The lowest BCUT2D eigenvalue weighted by molar-refractivity contribution is -0.118. The Hall–Kier alpha value is -1.12. The van der Waals surface area contributed by atoms with Gasteiger partial charge in [0.25, 0.3) is 0 Å². The number of carbonyl (C=O) groups excluding carboxylic acids is 1. The number of hydrogen-bond acceptors (Lipinski definition) is 3. The molecule has 0 spiro atoms. The van der Waals surface area contributed by atoms with Crippen molar-refractivity contribution in [2.24, 2.45) is 0 Å². The number of carbonyl (C=O) groups is 1. The van der Waals surface area contributed by atoms with Crippen molar-refractivity contribution < 1.29 is 9.21 Å². The third-order valence-electron chi connectivity index (χ3n) is 3.47. The molecule has 0 unspecified atom stereocenters. The Kier molecular flexibility index (Phi) is 4.35. The summed E-state index contributed by atoms with van der Waals surface area (Å²) in [5, 5.41) is 0. The smallest absolute Gasteiger partial charge is 0.201 e. The summed E-state index contributed by atoms with van der Waals surface area (Å²) in [5.41, 5.74) is 1.06. The second kappa shape index (κ2) is 5.99. The van der Waals surface area contributed by atoms with Gasteiger partial charge in [0.2, 0.25) is 5.89 Å². The van der Waals surface area contributed by atoms with Crippen LogP contribution >= 0.6 is 0 Å². The molecule has 0 atom stereocenters. The van der Waals surface area contributed by atoms with Crippen molar-refractivity contribution in [2.45, 2.75) is 64.2 Å². The quantitative estimate of drug-likeness (QED) is 0.782. The van der Waals surface area contributed by atoms with E-state index in [1.807, 2.05) is 6.92 Å². The predicted molar refractivity (Wildman–Crippen MR) is 65.9 cm³/mol. The minimum atomic E-state index is 0.226. The topological polar surface area (TPSA) is 43.1 Å². The number of Topliss-reactive ketones (excluding diaryl/α,β-unsaturated/α-hetero) is 1. The highest BCUT2D eigenvalue weighted by Crippen LogP contribution is 2.31. The van der Waals surface area contributed by atoms with Gasteiger partial charge in [0.1, 0.15) is 12.0 Å². The molecule has 1 heterocycles. The fraction of sp³-hybridized carbons (Fsp3) is 0.714. The van der Waals surface area contributed by atoms with Crippen molar-refractivity contribution in [3.63, 3.8) is 0 Å². The Morgan fingerprint density at radius 3 is 2.88 bits per heavy atom. The summed E-state index contributed by atoms with van der Waals surface area (Å²) in [6.45, 7) is 2.01. The Morgan fingerprint density at radius 1 is 1.41 bits per heavy atom. The molecule has 3 nitrogen and oxygen atoms in total. The van der Waals surface area contributed by atoms with Crippen LogP contribution in [0.5, 0.6) is 0 Å². The third-order valence-corrected chi connectivity index (χ3v) is 3.47. The lowest BCUT2D eigenvalue weighted by atomic mass is 9.87. The Labute approximate surface area is 103 Å². The Morgan fingerprint density at radius 2 is 2.18 bits per heavy atom. The Balaban J connectivity index is 1.93. The lowest BCUT2D eigenvalue weighted by Gasteiger charge is -2.18. The number of oxazole rings is 1. The van der Waals surface area contributed by atoms with Gasteiger partial charge < -0.3 is 4.42 Å². The fourth-order valence-electron chi connectivity index (χ4n) is 2.53. The van der Waals surface area contributed by atoms with Gasteiger partial charge in [-0.25, -0.2) is 4.98 Å². The summed E-state index contributed by atoms with van der Waals surface area (Å²) in [6.07, 6.45) is 10.0. The van der Waals surface area contributed by atoms with E-state index in [0.29, 0.717) is 24.7 Å². The molecule has 1 fully saturated rings. The number of aromatic nitrogens is 1. The molecule has 1 saturated carbocycles. The molecule has 1 aliphatic rings. The highest BCUT2D eigenvalue weighted by atomic mass is 16.3. The van der Waals surface area contributed by atoms with E-state index in [1.165, 1.54) is 32.1 Å². The zero-order valence-electron chi connectivity index (χ0n) is 10.6. The summed E-state index contributed by atoms with van der Waals surface area (Å²) in [7, 11) is 0. The van der Waals surface area contributed by atoms with Crippen LogP contribution < -0.4 is 0 Å². The SMILES string of the molecule is CCCC(=O)Cc1nc(C2CCCCC2)co1. The molecule has 3 heteroatoms. The van der Waals surface area contributed by atoms with Gasteiger partial charge >= 0.3 is 0 Å². The molecule has 0 radical (unpaired) electrons. The van der Waals surface area contributed by atoms with Crippen LogP contribution in [0.1, 0.15) is 69.4 Å². The maximum Gasteiger partial charge on any atom is 0.201 e. The molecule has 0 N–H and O–H groups in total. The zero-order chi connectivity index (χ0) is 12.1. The molecular weight excluding hydrogens is 214 g/mol. The van der Waals surface area contributed by atoms with E-state index in [1.54, 1.807) is 6.26 Å². The Bertz CT molecular complexity index is 364. The largest absolute Gasteiger partial charge is 0.448 e. The van der Waals surface area contributed by atoms with Crippen molar-refractivity contribution in [3.8, 4) is 0 Å².